The van der Waals surface area contributed by atoms with Gasteiger partial charge >= 0.3 is 0 Å². The van der Waals surface area contributed by atoms with E-state index in [0.717, 1.165) is 11.1 Å². The molecule has 0 saturated carbocycles. The second-order valence-electron chi connectivity index (χ2n) is 3.90. The maximum Gasteiger partial charge on any atom is 0.212 e. The van der Waals surface area contributed by atoms with E-state index in [1.807, 2.05) is 18.2 Å². The number of rotatable bonds is 2. The van der Waals surface area contributed by atoms with E-state index in [4.69, 9.17) is 4.74 Å². The van der Waals surface area contributed by atoms with Gasteiger partial charge in [0.1, 0.15) is 5.69 Å². The highest BCUT2D eigenvalue weighted by Crippen LogP contribution is 2.21. The van der Waals surface area contributed by atoms with Crippen LogP contribution >= 0.6 is 0 Å². The second-order valence-corrected chi connectivity index (χ2v) is 3.90. The van der Waals surface area contributed by atoms with Crippen LogP contribution in [-0.4, -0.2) is 15.8 Å². The normalized spacial score (nSPS) is 13.4. The van der Waals surface area contributed by atoms with Crippen molar-refractivity contribution in [3.63, 3.8) is 0 Å². The van der Waals surface area contributed by atoms with Crippen molar-refractivity contribution in [2.24, 2.45) is 0 Å². The van der Waals surface area contributed by atoms with Crippen molar-refractivity contribution >= 4 is 5.78 Å². The molecule has 0 radical (unpaired) electrons. The topological polar surface area (TPSA) is 52.1 Å². The van der Waals surface area contributed by atoms with Crippen molar-refractivity contribution in [1.82, 2.24) is 9.97 Å². The summed E-state index contributed by atoms with van der Waals surface area (Å²) in [6, 6.07) is 5.62. The first-order chi connectivity index (χ1) is 8.34. The molecule has 3 rings (SSSR count). The fourth-order valence-corrected chi connectivity index (χ4v) is 1.88. The molecule has 2 heterocycles. The maximum absolute atomic E-state index is 12.1. The summed E-state index contributed by atoms with van der Waals surface area (Å²) in [5.41, 5.74) is 3.24. The third-order valence-electron chi connectivity index (χ3n) is 2.78. The third-order valence-corrected chi connectivity index (χ3v) is 2.78. The molecule has 4 nitrogen and oxygen atoms in total. The monoisotopic (exact) mass is 226 g/mol. The number of fused-ring (bicyclic) bond motifs is 1. The molecule has 0 aliphatic carbocycles. The number of ether oxygens (including phenoxy) is 1. The van der Waals surface area contributed by atoms with Crippen LogP contribution in [0.5, 0.6) is 0 Å². The van der Waals surface area contributed by atoms with E-state index >= 15 is 0 Å². The Labute approximate surface area is 98.3 Å². The van der Waals surface area contributed by atoms with E-state index in [0.29, 0.717) is 24.5 Å². The van der Waals surface area contributed by atoms with Crippen LogP contribution in [0.3, 0.4) is 0 Å². The zero-order chi connectivity index (χ0) is 11.7. The summed E-state index contributed by atoms with van der Waals surface area (Å²) < 4.78 is 5.32. The standard InChI is InChI=1S/C13H10N2O2/c16-13(12-6-14-3-4-15-12)9-1-2-10-7-17-8-11(10)5-9/h1-6H,7-8H2. The van der Waals surface area contributed by atoms with Crippen molar-refractivity contribution in [1.29, 1.82) is 0 Å². The highest BCUT2D eigenvalue weighted by molar-refractivity contribution is 6.07. The Morgan fingerprint density at radius 3 is 2.88 bits per heavy atom. The number of ketones is 1. The summed E-state index contributed by atoms with van der Waals surface area (Å²) in [7, 11) is 0. The lowest BCUT2D eigenvalue weighted by Gasteiger charge is -2.02. The van der Waals surface area contributed by atoms with Gasteiger partial charge in [0.2, 0.25) is 5.78 Å². The second kappa shape index (κ2) is 4.07. The number of nitrogens with zero attached hydrogens (tertiary/aromatic N) is 2. The summed E-state index contributed by atoms with van der Waals surface area (Å²) >= 11 is 0. The van der Waals surface area contributed by atoms with Crippen LogP contribution in [-0.2, 0) is 18.0 Å². The van der Waals surface area contributed by atoms with E-state index in [1.54, 1.807) is 6.20 Å². The van der Waals surface area contributed by atoms with Gasteiger partial charge in [0.05, 0.1) is 19.4 Å². The Hall–Kier alpha value is -2.07. The lowest BCUT2D eigenvalue weighted by Crippen LogP contribution is -2.05. The minimum Gasteiger partial charge on any atom is -0.372 e. The van der Waals surface area contributed by atoms with Gasteiger partial charge in [-0.3, -0.25) is 9.78 Å². The van der Waals surface area contributed by atoms with Gasteiger partial charge in [0.25, 0.3) is 0 Å². The zero-order valence-electron chi connectivity index (χ0n) is 9.09. The van der Waals surface area contributed by atoms with Crippen molar-refractivity contribution in [3.05, 3.63) is 59.2 Å². The molecule has 0 fully saturated rings. The fraction of sp³-hybridized carbons (Fsp3) is 0.154. The van der Waals surface area contributed by atoms with Crippen molar-refractivity contribution < 1.29 is 9.53 Å². The summed E-state index contributed by atoms with van der Waals surface area (Å²) in [5.74, 6) is -0.104. The van der Waals surface area contributed by atoms with Gasteiger partial charge in [-0.2, -0.15) is 0 Å². The first-order valence-electron chi connectivity index (χ1n) is 5.35. The number of carbonyl (C=O) groups is 1. The molecule has 0 spiro atoms. The lowest BCUT2D eigenvalue weighted by molar-refractivity contribution is 0.103. The Morgan fingerprint density at radius 1 is 1.18 bits per heavy atom. The highest BCUT2D eigenvalue weighted by atomic mass is 16.5. The Bertz CT molecular complexity index is 567. The van der Waals surface area contributed by atoms with Crippen LogP contribution in [0, 0.1) is 0 Å². The average molecular weight is 226 g/mol. The summed E-state index contributed by atoms with van der Waals surface area (Å²) in [6.07, 6.45) is 4.54. The molecular formula is C13H10N2O2. The van der Waals surface area contributed by atoms with Crippen LogP contribution in [0.25, 0.3) is 0 Å². The van der Waals surface area contributed by atoms with Gasteiger partial charge < -0.3 is 4.74 Å². The number of aromatic nitrogens is 2. The molecule has 1 aromatic heterocycles. The maximum atomic E-state index is 12.1. The van der Waals surface area contributed by atoms with E-state index in [2.05, 4.69) is 9.97 Å². The van der Waals surface area contributed by atoms with Gasteiger partial charge in [0.15, 0.2) is 0 Å². The molecule has 0 unspecified atom stereocenters. The van der Waals surface area contributed by atoms with E-state index in [-0.39, 0.29) is 5.78 Å². The first-order valence-corrected chi connectivity index (χ1v) is 5.35. The smallest absolute Gasteiger partial charge is 0.212 e. The lowest BCUT2D eigenvalue weighted by atomic mass is 10.0. The molecule has 1 aliphatic heterocycles. The Balaban J connectivity index is 1.97. The number of benzene rings is 1. The molecule has 4 heteroatoms. The predicted molar refractivity (Wildman–Crippen MR) is 60.4 cm³/mol. The minimum atomic E-state index is -0.104. The fourth-order valence-electron chi connectivity index (χ4n) is 1.88. The molecule has 0 amide bonds. The minimum absolute atomic E-state index is 0.104. The molecular weight excluding hydrogens is 216 g/mol. The molecule has 1 aliphatic rings. The Morgan fingerprint density at radius 2 is 2.06 bits per heavy atom. The Kier molecular flexibility index (Phi) is 2.42. The van der Waals surface area contributed by atoms with Gasteiger partial charge in [0, 0.05) is 18.0 Å². The largest absolute Gasteiger partial charge is 0.372 e. The summed E-state index contributed by atoms with van der Waals surface area (Å²) in [4.78, 5) is 20.0. The van der Waals surface area contributed by atoms with Crippen LogP contribution in [0.4, 0.5) is 0 Å². The van der Waals surface area contributed by atoms with Crippen LogP contribution in [0.15, 0.2) is 36.8 Å². The number of hydrogen-bond donors (Lipinski definition) is 0. The van der Waals surface area contributed by atoms with Gasteiger partial charge in [-0.25, -0.2) is 4.98 Å². The molecule has 0 N–H and O–H groups in total. The number of carbonyl (C=O) groups excluding carboxylic acids is 1. The highest BCUT2D eigenvalue weighted by Gasteiger charge is 2.16. The SMILES string of the molecule is O=C(c1ccc2c(c1)COC2)c1cnccn1. The molecule has 1 aromatic carbocycles. The van der Waals surface area contributed by atoms with E-state index < -0.39 is 0 Å². The quantitative estimate of drug-likeness (QED) is 0.732. The zero-order valence-corrected chi connectivity index (χ0v) is 9.09. The third kappa shape index (κ3) is 1.83. The van der Waals surface area contributed by atoms with Crippen molar-refractivity contribution in [3.8, 4) is 0 Å². The molecule has 17 heavy (non-hydrogen) atoms. The molecule has 0 atom stereocenters. The predicted octanol–water partition coefficient (Wildman–Crippen LogP) is 1.74. The van der Waals surface area contributed by atoms with Crippen LogP contribution < -0.4 is 0 Å². The first kappa shape index (κ1) is 10.1. The molecule has 0 saturated heterocycles. The van der Waals surface area contributed by atoms with E-state index in [9.17, 15) is 4.79 Å². The van der Waals surface area contributed by atoms with Gasteiger partial charge in [-0.15, -0.1) is 0 Å². The van der Waals surface area contributed by atoms with Gasteiger partial charge in [-0.05, 0) is 17.2 Å². The molecule has 84 valence electrons. The average Bonchev–Trinajstić information content (AvgIpc) is 2.86. The van der Waals surface area contributed by atoms with Gasteiger partial charge in [-0.1, -0.05) is 12.1 Å². The van der Waals surface area contributed by atoms with Crippen molar-refractivity contribution in [2.75, 3.05) is 0 Å². The number of hydrogen-bond acceptors (Lipinski definition) is 4. The van der Waals surface area contributed by atoms with Crippen LogP contribution in [0.2, 0.25) is 0 Å². The summed E-state index contributed by atoms with van der Waals surface area (Å²) in [5, 5.41) is 0. The summed E-state index contributed by atoms with van der Waals surface area (Å²) in [6.45, 7) is 1.21. The van der Waals surface area contributed by atoms with Crippen LogP contribution in [0.1, 0.15) is 27.2 Å². The molecule has 0 bridgehead atoms. The van der Waals surface area contributed by atoms with Crippen molar-refractivity contribution in [2.45, 2.75) is 13.2 Å². The molecule has 2 aromatic rings. The van der Waals surface area contributed by atoms with E-state index in [1.165, 1.54) is 12.4 Å².